The van der Waals surface area contributed by atoms with Crippen molar-refractivity contribution in [2.45, 2.75) is 26.8 Å². The van der Waals surface area contributed by atoms with Crippen LogP contribution in [0.25, 0.3) is 0 Å². The summed E-state index contributed by atoms with van der Waals surface area (Å²) in [5.74, 6) is 0.362. The number of amides is 1. The third-order valence-corrected chi connectivity index (χ3v) is 3.89. The van der Waals surface area contributed by atoms with Crippen molar-refractivity contribution >= 4 is 11.6 Å². The highest BCUT2D eigenvalue weighted by molar-refractivity contribution is 5.97. The Bertz CT molecular complexity index is 867. The minimum absolute atomic E-state index is 0.0551. The maximum atomic E-state index is 12.5. The molecule has 0 aliphatic carbocycles. The van der Waals surface area contributed by atoms with Gasteiger partial charge in [-0.3, -0.25) is 4.79 Å². The van der Waals surface area contributed by atoms with Crippen LogP contribution < -0.4 is 15.4 Å². The molecule has 140 valence electrons. The Morgan fingerprint density at radius 3 is 2.63 bits per heavy atom. The number of nitrogens with zero attached hydrogens (tertiary/aromatic N) is 1. The molecule has 0 saturated carbocycles. The van der Waals surface area contributed by atoms with Crippen LogP contribution in [0.5, 0.6) is 11.5 Å². The summed E-state index contributed by atoms with van der Waals surface area (Å²) < 4.78 is 5.63. The van der Waals surface area contributed by atoms with Crippen molar-refractivity contribution in [2.75, 3.05) is 11.9 Å². The van der Waals surface area contributed by atoms with E-state index in [1.54, 1.807) is 12.1 Å². The van der Waals surface area contributed by atoms with Crippen molar-refractivity contribution in [3.63, 3.8) is 0 Å². The van der Waals surface area contributed by atoms with Crippen LogP contribution in [0, 0.1) is 18.3 Å². The number of aryl methyl sites for hydroxylation is 1. The average molecular weight is 365 g/mol. The molecule has 6 heteroatoms. The molecule has 2 aromatic carbocycles. The first kappa shape index (κ1) is 19.9. The lowest BCUT2D eigenvalue weighted by Crippen LogP contribution is -2.28. The zero-order valence-corrected chi connectivity index (χ0v) is 15.6. The van der Waals surface area contributed by atoms with Crippen LogP contribution >= 0.6 is 0 Å². The molecule has 0 saturated heterocycles. The fraction of sp³-hybridized carbons (Fsp3) is 0.238. The van der Waals surface area contributed by atoms with Crippen LogP contribution in [0.4, 0.5) is 5.69 Å². The predicted octanol–water partition coefficient (Wildman–Crippen LogP) is 3.80. The zero-order chi connectivity index (χ0) is 19.8. The van der Waals surface area contributed by atoms with Gasteiger partial charge in [0.15, 0.2) is 0 Å². The van der Waals surface area contributed by atoms with E-state index in [2.05, 4.69) is 10.6 Å². The van der Waals surface area contributed by atoms with E-state index in [1.807, 2.05) is 45.0 Å². The fourth-order valence-corrected chi connectivity index (χ4v) is 2.51. The molecule has 0 aliphatic heterocycles. The minimum atomic E-state index is -0.486. The van der Waals surface area contributed by atoms with E-state index in [1.165, 1.54) is 18.3 Å². The first-order chi connectivity index (χ1) is 12.9. The van der Waals surface area contributed by atoms with Gasteiger partial charge in [-0.1, -0.05) is 17.7 Å². The number of carbonyl (C=O) groups is 1. The van der Waals surface area contributed by atoms with E-state index in [0.29, 0.717) is 18.0 Å². The summed E-state index contributed by atoms with van der Waals surface area (Å²) >= 11 is 0. The van der Waals surface area contributed by atoms with Gasteiger partial charge in [-0.05, 0) is 51.1 Å². The minimum Gasteiger partial charge on any atom is -0.508 e. The number of rotatable bonds is 7. The third-order valence-electron chi connectivity index (χ3n) is 3.89. The number of phenolic OH excluding ortho intramolecular Hbond substituents is 1. The van der Waals surface area contributed by atoms with Gasteiger partial charge in [0.1, 0.15) is 23.1 Å². The van der Waals surface area contributed by atoms with Gasteiger partial charge in [0.2, 0.25) is 0 Å². The number of ether oxygens (including phenoxy) is 1. The van der Waals surface area contributed by atoms with Gasteiger partial charge in [0.25, 0.3) is 5.91 Å². The van der Waals surface area contributed by atoms with Crippen LogP contribution in [0.1, 0.15) is 31.0 Å². The Morgan fingerprint density at radius 1 is 1.30 bits per heavy atom. The van der Waals surface area contributed by atoms with Crippen molar-refractivity contribution in [3.8, 4) is 17.6 Å². The summed E-state index contributed by atoms with van der Waals surface area (Å²) in [7, 11) is 0. The molecule has 0 aromatic heterocycles. The number of aromatic hydroxyl groups is 1. The predicted molar refractivity (Wildman–Crippen MR) is 104 cm³/mol. The molecule has 1 unspecified atom stereocenters. The molecular weight excluding hydrogens is 342 g/mol. The van der Waals surface area contributed by atoms with Crippen molar-refractivity contribution in [2.24, 2.45) is 0 Å². The number of hydrogen-bond acceptors (Lipinski definition) is 5. The molecule has 0 bridgehead atoms. The number of benzene rings is 2. The van der Waals surface area contributed by atoms with E-state index in [0.717, 1.165) is 11.1 Å². The second kappa shape index (κ2) is 9.30. The highest BCUT2D eigenvalue weighted by Crippen LogP contribution is 2.26. The van der Waals surface area contributed by atoms with Crippen LogP contribution in [0.15, 0.2) is 54.2 Å². The van der Waals surface area contributed by atoms with Crippen LogP contribution in [0.3, 0.4) is 0 Å². The van der Waals surface area contributed by atoms with Gasteiger partial charge in [-0.2, -0.15) is 5.26 Å². The van der Waals surface area contributed by atoms with Crippen LogP contribution in [-0.4, -0.2) is 17.6 Å². The molecule has 0 aliphatic rings. The normalized spacial score (nSPS) is 12.0. The Balaban J connectivity index is 2.12. The summed E-state index contributed by atoms with van der Waals surface area (Å²) in [5, 5.41) is 24.3. The van der Waals surface area contributed by atoms with E-state index in [9.17, 15) is 15.2 Å². The lowest BCUT2D eigenvalue weighted by atomic mass is 10.0. The van der Waals surface area contributed by atoms with Crippen LogP contribution in [-0.2, 0) is 4.79 Å². The first-order valence-corrected chi connectivity index (χ1v) is 8.64. The Kier molecular flexibility index (Phi) is 6.84. The maximum Gasteiger partial charge on any atom is 0.263 e. The van der Waals surface area contributed by atoms with E-state index in [4.69, 9.17) is 4.74 Å². The molecule has 0 fully saturated rings. The quantitative estimate of drug-likeness (QED) is 0.394. The van der Waals surface area contributed by atoms with E-state index >= 15 is 0 Å². The molecule has 3 N–H and O–H groups in total. The summed E-state index contributed by atoms with van der Waals surface area (Å²) in [6.07, 6.45) is 1.34. The van der Waals surface area contributed by atoms with Crippen molar-refractivity contribution in [3.05, 3.63) is 65.4 Å². The number of nitriles is 1. The number of anilines is 1. The Hall–Kier alpha value is -3.46. The van der Waals surface area contributed by atoms with Gasteiger partial charge >= 0.3 is 0 Å². The number of carbonyl (C=O) groups excluding carboxylic acids is 1. The largest absolute Gasteiger partial charge is 0.508 e. The molecule has 2 aromatic rings. The van der Waals surface area contributed by atoms with Gasteiger partial charge in [-0.25, -0.2) is 0 Å². The number of phenols is 1. The summed E-state index contributed by atoms with van der Waals surface area (Å²) in [4.78, 5) is 12.5. The smallest absolute Gasteiger partial charge is 0.263 e. The molecule has 6 nitrogen and oxygen atoms in total. The van der Waals surface area contributed by atoms with Gasteiger partial charge in [-0.15, -0.1) is 0 Å². The summed E-state index contributed by atoms with van der Waals surface area (Å²) in [6.45, 7) is 6.24. The lowest BCUT2D eigenvalue weighted by Gasteiger charge is -2.18. The summed E-state index contributed by atoms with van der Waals surface area (Å²) in [6, 6.07) is 13.7. The fourth-order valence-electron chi connectivity index (χ4n) is 2.51. The SMILES string of the molecule is CCOc1ccc(C)cc1C(C)NC(=O)/C(C#N)=C\Nc1ccc(O)cc1. The number of nitrogens with one attached hydrogen (secondary N) is 2. The number of hydrogen-bond donors (Lipinski definition) is 3. The molecular formula is C21H23N3O3. The molecule has 1 amide bonds. The molecule has 1 atom stereocenters. The first-order valence-electron chi connectivity index (χ1n) is 8.64. The van der Waals surface area contributed by atoms with E-state index in [-0.39, 0.29) is 17.4 Å². The van der Waals surface area contributed by atoms with Gasteiger partial charge in [0.05, 0.1) is 12.6 Å². The molecule has 2 rings (SSSR count). The van der Waals surface area contributed by atoms with Crippen LogP contribution in [0.2, 0.25) is 0 Å². The second-order valence-electron chi connectivity index (χ2n) is 6.03. The Labute approximate surface area is 159 Å². The zero-order valence-electron chi connectivity index (χ0n) is 15.6. The molecule has 0 radical (unpaired) electrons. The average Bonchev–Trinajstić information content (AvgIpc) is 2.65. The standard InChI is InChI=1S/C21H23N3O3/c1-4-27-20-10-5-14(2)11-19(20)15(3)24-21(26)16(12-22)13-23-17-6-8-18(25)9-7-17/h5-11,13,15,23,25H,4H2,1-3H3,(H,24,26)/b16-13-. The molecule has 0 spiro atoms. The van der Waals surface area contributed by atoms with Gasteiger partial charge < -0.3 is 20.5 Å². The monoisotopic (exact) mass is 365 g/mol. The van der Waals surface area contributed by atoms with Crippen molar-refractivity contribution in [1.82, 2.24) is 5.32 Å². The van der Waals surface area contributed by atoms with Gasteiger partial charge in [0, 0.05) is 17.5 Å². The Morgan fingerprint density at radius 2 is 2.00 bits per heavy atom. The molecule has 27 heavy (non-hydrogen) atoms. The summed E-state index contributed by atoms with van der Waals surface area (Å²) in [5.41, 5.74) is 2.51. The second-order valence-corrected chi connectivity index (χ2v) is 6.03. The molecule has 0 heterocycles. The lowest BCUT2D eigenvalue weighted by molar-refractivity contribution is -0.117. The van der Waals surface area contributed by atoms with Crippen molar-refractivity contribution in [1.29, 1.82) is 5.26 Å². The highest BCUT2D eigenvalue weighted by Gasteiger charge is 2.17. The van der Waals surface area contributed by atoms with E-state index < -0.39 is 5.91 Å². The third kappa shape index (κ3) is 5.51. The topological polar surface area (TPSA) is 94.4 Å². The maximum absolute atomic E-state index is 12.5. The highest BCUT2D eigenvalue weighted by atomic mass is 16.5. The van der Waals surface area contributed by atoms with Crippen molar-refractivity contribution < 1.29 is 14.6 Å².